The van der Waals surface area contributed by atoms with Gasteiger partial charge < -0.3 is 9.72 Å². The SMILES string of the molecule is COc1ccc2c(c1)[nH]c1nc3ccccc3c(=O)n12. The summed E-state index contributed by atoms with van der Waals surface area (Å²) in [7, 11) is 1.61. The Labute approximate surface area is 113 Å². The lowest BCUT2D eigenvalue weighted by atomic mass is 10.2. The van der Waals surface area contributed by atoms with Crippen LogP contribution >= 0.6 is 0 Å². The van der Waals surface area contributed by atoms with Crippen molar-refractivity contribution in [1.29, 1.82) is 0 Å². The highest BCUT2D eigenvalue weighted by molar-refractivity contribution is 5.85. The molecule has 0 unspecified atom stereocenters. The Bertz CT molecular complexity index is 1010. The first kappa shape index (κ1) is 11.0. The number of nitrogens with zero attached hydrogens (tertiary/aromatic N) is 2. The minimum Gasteiger partial charge on any atom is -0.497 e. The molecule has 4 rings (SSSR count). The molecule has 98 valence electrons. The van der Waals surface area contributed by atoms with Crippen molar-refractivity contribution in [2.45, 2.75) is 0 Å². The maximum absolute atomic E-state index is 12.6. The predicted octanol–water partition coefficient (Wildman–Crippen LogP) is 2.34. The molecule has 5 heteroatoms. The number of nitrogens with one attached hydrogen (secondary N) is 1. The van der Waals surface area contributed by atoms with Crippen molar-refractivity contribution in [2.75, 3.05) is 7.11 Å². The van der Waals surface area contributed by atoms with E-state index in [1.165, 1.54) is 0 Å². The number of imidazole rings is 1. The van der Waals surface area contributed by atoms with Gasteiger partial charge in [0.25, 0.3) is 5.56 Å². The summed E-state index contributed by atoms with van der Waals surface area (Å²) in [6, 6.07) is 12.9. The number of hydrogen-bond donors (Lipinski definition) is 1. The number of methoxy groups -OCH3 is 1. The highest BCUT2D eigenvalue weighted by Gasteiger charge is 2.10. The van der Waals surface area contributed by atoms with Gasteiger partial charge in [-0.25, -0.2) is 9.38 Å². The molecule has 0 aliphatic rings. The molecule has 0 radical (unpaired) electrons. The van der Waals surface area contributed by atoms with E-state index in [1.54, 1.807) is 17.6 Å². The minimum atomic E-state index is -0.0676. The highest BCUT2D eigenvalue weighted by Crippen LogP contribution is 2.21. The summed E-state index contributed by atoms with van der Waals surface area (Å²) in [5, 5.41) is 0.613. The maximum atomic E-state index is 12.6. The molecule has 5 nitrogen and oxygen atoms in total. The average Bonchev–Trinajstić information content (AvgIpc) is 2.84. The van der Waals surface area contributed by atoms with Crippen LogP contribution < -0.4 is 10.3 Å². The van der Waals surface area contributed by atoms with Crippen LogP contribution in [0.2, 0.25) is 0 Å². The number of ether oxygens (including phenoxy) is 1. The van der Waals surface area contributed by atoms with E-state index < -0.39 is 0 Å². The Morgan fingerprint density at radius 3 is 2.90 bits per heavy atom. The normalized spacial score (nSPS) is 11.4. The molecule has 0 bridgehead atoms. The van der Waals surface area contributed by atoms with Gasteiger partial charge in [-0.3, -0.25) is 4.79 Å². The fourth-order valence-electron chi connectivity index (χ4n) is 2.50. The summed E-state index contributed by atoms with van der Waals surface area (Å²) >= 11 is 0. The lowest BCUT2D eigenvalue weighted by Crippen LogP contribution is -2.13. The van der Waals surface area contributed by atoms with E-state index in [1.807, 2.05) is 36.4 Å². The van der Waals surface area contributed by atoms with Crippen LogP contribution in [0.25, 0.3) is 27.7 Å². The summed E-state index contributed by atoms with van der Waals surface area (Å²) < 4.78 is 6.79. The van der Waals surface area contributed by atoms with Gasteiger partial charge in [-0.05, 0) is 24.3 Å². The first-order valence-electron chi connectivity index (χ1n) is 6.25. The molecule has 0 atom stereocenters. The van der Waals surface area contributed by atoms with Crippen LogP contribution in [0.5, 0.6) is 5.75 Å². The summed E-state index contributed by atoms with van der Waals surface area (Å²) in [5.74, 6) is 1.28. The van der Waals surface area contributed by atoms with Crippen LogP contribution in [-0.2, 0) is 0 Å². The van der Waals surface area contributed by atoms with Gasteiger partial charge in [-0.15, -0.1) is 0 Å². The number of fused-ring (bicyclic) bond motifs is 4. The number of benzene rings is 2. The number of H-pyrrole nitrogens is 1. The van der Waals surface area contributed by atoms with E-state index in [4.69, 9.17) is 4.74 Å². The molecule has 2 heterocycles. The number of aromatic amines is 1. The molecule has 0 saturated carbocycles. The molecular weight excluding hydrogens is 254 g/mol. The molecule has 2 aromatic heterocycles. The molecular formula is C15H11N3O2. The van der Waals surface area contributed by atoms with E-state index in [0.29, 0.717) is 16.7 Å². The lowest BCUT2D eigenvalue weighted by Gasteiger charge is -1.99. The second-order valence-electron chi connectivity index (χ2n) is 4.60. The third-order valence-corrected chi connectivity index (χ3v) is 3.47. The molecule has 4 aromatic rings. The second kappa shape index (κ2) is 3.84. The molecule has 0 spiro atoms. The van der Waals surface area contributed by atoms with Crippen LogP contribution in [0.3, 0.4) is 0 Å². The summed E-state index contributed by atoms with van der Waals surface area (Å²) in [4.78, 5) is 20.2. The number of aromatic nitrogens is 3. The van der Waals surface area contributed by atoms with E-state index in [0.717, 1.165) is 16.8 Å². The van der Waals surface area contributed by atoms with Gasteiger partial charge in [-0.2, -0.15) is 0 Å². The molecule has 20 heavy (non-hydrogen) atoms. The first-order valence-corrected chi connectivity index (χ1v) is 6.25. The van der Waals surface area contributed by atoms with Gasteiger partial charge in [-0.1, -0.05) is 12.1 Å². The molecule has 0 fully saturated rings. The van der Waals surface area contributed by atoms with Crippen LogP contribution in [0.15, 0.2) is 47.3 Å². The zero-order valence-electron chi connectivity index (χ0n) is 10.8. The van der Waals surface area contributed by atoms with Crippen molar-refractivity contribution < 1.29 is 4.74 Å². The quantitative estimate of drug-likeness (QED) is 0.574. The Balaban J connectivity index is 2.24. The maximum Gasteiger partial charge on any atom is 0.267 e. The Morgan fingerprint density at radius 1 is 1.20 bits per heavy atom. The zero-order chi connectivity index (χ0) is 13.7. The van der Waals surface area contributed by atoms with E-state index >= 15 is 0 Å². The van der Waals surface area contributed by atoms with E-state index in [9.17, 15) is 4.79 Å². The van der Waals surface area contributed by atoms with Crippen molar-refractivity contribution in [3.05, 3.63) is 52.8 Å². The third-order valence-electron chi connectivity index (χ3n) is 3.47. The molecule has 2 aromatic carbocycles. The smallest absolute Gasteiger partial charge is 0.267 e. The van der Waals surface area contributed by atoms with Gasteiger partial charge in [0.2, 0.25) is 5.78 Å². The second-order valence-corrected chi connectivity index (χ2v) is 4.60. The molecule has 0 aliphatic heterocycles. The van der Waals surface area contributed by atoms with Crippen LogP contribution in [0.1, 0.15) is 0 Å². The largest absolute Gasteiger partial charge is 0.497 e. The van der Waals surface area contributed by atoms with Gasteiger partial charge in [0.05, 0.1) is 29.0 Å². The fourth-order valence-corrected chi connectivity index (χ4v) is 2.50. The topological polar surface area (TPSA) is 59.4 Å². The Kier molecular flexibility index (Phi) is 2.12. The molecule has 0 aliphatic carbocycles. The van der Waals surface area contributed by atoms with Crippen molar-refractivity contribution in [3.8, 4) is 5.75 Å². The number of rotatable bonds is 1. The Hall–Kier alpha value is -2.82. The lowest BCUT2D eigenvalue weighted by molar-refractivity contribution is 0.415. The third kappa shape index (κ3) is 1.37. The monoisotopic (exact) mass is 265 g/mol. The summed E-state index contributed by atoms with van der Waals surface area (Å²) in [5.41, 5.74) is 2.24. The van der Waals surface area contributed by atoms with Crippen LogP contribution in [0.4, 0.5) is 0 Å². The van der Waals surface area contributed by atoms with Crippen LogP contribution in [-0.4, -0.2) is 21.5 Å². The standard InChI is InChI=1S/C15H11N3O2/c1-20-9-6-7-13-12(8-9)17-15-16-11-5-3-2-4-10(11)14(19)18(13)15/h2-8H,1H3,(H,16,17). The van der Waals surface area contributed by atoms with Gasteiger partial charge >= 0.3 is 0 Å². The van der Waals surface area contributed by atoms with Gasteiger partial charge in [0, 0.05) is 6.07 Å². The highest BCUT2D eigenvalue weighted by atomic mass is 16.5. The van der Waals surface area contributed by atoms with Crippen molar-refractivity contribution in [1.82, 2.24) is 14.4 Å². The minimum absolute atomic E-state index is 0.0676. The molecule has 0 saturated heterocycles. The number of para-hydroxylation sites is 1. The fraction of sp³-hybridized carbons (Fsp3) is 0.0667. The summed E-state index contributed by atoms with van der Waals surface area (Å²) in [6.45, 7) is 0. The first-order chi connectivity index (χ1) is 9.78. The predicted molar refractivity (Wildman–Crippen MR) is 77.4 cm³/mol. The van der Waals surface area contributed by atoms with E-state index in [2.05, 4.69) is 9.97 Å². The Morgan fingerprint density at radius 2 is 2.05 bits per heavy atom. The van der Waals surface area contributed by atoms with Crippen molar-refractivity contribution >= 4 is 27.7 Å². The van der Waals surface area contributed by atoms with Crippen LogP contribution in [0, 0.1) is 0 Å². The van der Waals surface area contributed by atoms with E-state index in [-0.39, 0.29) is 5.56 Å². The average molecular weight is 265 g/mol. The zero-order valence-corrected chi connectivity index (χ0v) is 10.8. The molecule has 0 amide bonds. The van der Waals surface area contributed by atoms with Crippen molar-refractivity contribution in [2.24, 2.45) is 0 Å². The number of hydrogen-bond acceptors (Lipinski definition) is 3. The van der Waals surface area contributed by atoms with Gasteiger partial charge in [0.1, 0.15) is 5.75 Å². The van der Waals surface area contributed by atoms with Gasteiger partial charge in [0.15, 0.2) is 0 Å². The van der Waals surface area contributed by atoms with Crippen molar-refractivity contribution in [3.63, 3.8) is 0 Å². The summed E-state index contributed by atoms with van der Waals surface area (Å²) in [6.07, 6.45) is 0. The molecule has 1 N–H and O–H groups in total.